The number of ether oxygens (including phenoxy) is 1. The van der Waals surface area contributed by atoms with Crippen molar-refractivity contribution in [2.24, 2.45) is 0 Å². The van der Waals surface area contributed by atoms with Gasteiger partial charge >= 0.3 is 5.97 Å². The first-order valence-electron chi connectivity index (χ1n) is 6.30. The van der Waals surface area contributed by atoms with Gasteiger partial charge in [-0.05, 0) is 30.7 Å². The van der Waals surface area contributed by atoms with Gasteiger partial charge in [0.1, 0.15) is 5.75 Å². The second-order valence-electron chi connectivity index (χ2n) is 4.74. The second kappa shape index (κ2) is 5.87. The fraction of sp³-hybridized carbons (Fsp3) is 0.500. The molecule has 0 aliphatic carbocycles. The molecular weight excluding hydrogens is 230 g/mol. The molecule has 0 radical (unpaired) electrons. The van der Waals surface area contributed by atoms with Gasteiger partial charge in [-0.25, -0.2) is 0 Å². The number of carbonyl (C=O) groups is 1. The Morgan fingerprint density at radius 3 is 3.06 bits per heavy atom. The Hall–Kier alpha value is -1.55. The maximum absolute atomic E-state index is 10.5. The number of likely N-dealkylation sites (N-methyl/N-ethyl adjacent to an activating group) is 1. The molecule has 0 atom stereocenters. The van der Waals surface area contributed by atoms with Gasteiger partial charge in [0.05, 0.1) is 13.0 Å². The van der Waals surface area contributed by atoms with Gasteiger partial charge in [0.25, 0.3) is 0 Å². The topological polar surface area (TPSA) is 49.8 Å². The summed E-state index contributed by atoms with van der Waals surface area (Å²) < 4.78 is 5.47. The van der Waals surface area contributed by atoms with E-state index in [-0.39, 0.29) is 6.42 Å². The highest BCUT2D eigenvalue weighted by molar-refractivity contribution is 5.66. The molecule has 4 nitrogen and oxygen atoms in total. The van der Waals surface area contributed by atoms with E-state index in [4.69, 9.17) is 9.84 Å². The Kier molecular flexibility index (Phi) is 4.20. The van der Waals surface area contributed by atoms with Crippen molar-refractivity contribution >= 4 is 5.97 Å². The van der Waals surface area contributed by atoms with Crippen LogP contribution in [0.4, 0.5) is 0 Å². The zero-order chi connectivity index (χ0) is 13.0. The van der Waals surface area contributed by atoms with Crippen molar-refractivity contribution in [2.75, 3.05) is 26.7 Å². The predicted molar refractivity (Wildman–Crippen MR) is 69.1 cm³/mol. The number of rotatable bonds is 6. The number of hydrogen-bond acceptors (Lipinski definition) is 3. The summed E-state index contributed by atoms with van der Waals surface area (Å²) in [5.41, 5.74) is 2.59. The van der Waals surface area contributed by atoms with Crippen molar-refractivity contribution in [3.8, 4) is 5.75 Å². The lowest BCUT2D eigenvalue weighted by Gasteiger charge is -2.15. The van der Waals surface area contributed by atoms with E-state index in [1.54, 1.807) is 0 Å². The van der Waals surface area contributed by atoms with Gasteiger partial charge < -0.3 is 14.7 Å². The van der Waals surface area contributed by atoms with Gasteiger partial charge in [0.2, 0.25) is 0 Å². The molecule has 0 aromatic heterocycles. The van der Waals surface area contributed by atoms with Crippen LogP contribution in [0.1, 0.15) is 17.5 Å². The largest absolute Gasteiger partial charge is 0.493 e. The lowest BCUT2D eigenvalue weighted by Crippen LogP contribution is -2.24. The number of nitrogens with zero attached hydrogens (tertiary/aromatic N) is 1. The summed E-state index contributed by atoms with van der Waals surface area (Å²) in [6.45, 7) is 2.27. The summed E-state index contributed by atoms with van der Waals surface area (Å²) in [7, 11) is 1.96. The average Bonchev–Trinajstić information content (AvgIpc) is 2.81. The maximum atomic E-state index is 10.5. The lowest BCUT2D eigenvalue weighted by molar-refractivity contribution is -0.137. The number of aliphatic carboxylic acids is 1. The quantitative estimate of drug-likeness (QED) is 0.831. The van der Waals surface area contributed by atoms with Gasteiger partial charge in [0, 0.05) is 19.5 Å². The first-order chi connectivity index (χ1) is 8.65. The summed E-state index contributed by atoms with van der Waals surface area (Å²) in [5.74, 6) is 0.273. The van der Waals surface area contributed by atoms with Gasteiger partial charge in [-0.3, -0.25) is 4.79 Å². The van der Waals surface area contributed by atoms with Gasteiger partial charge in [-0.15, -0.1) is 0 Å². The number of benzene rings is 1. The van der Waals surface area contributed by atoms with Crippen LogP contribution in [0.3, 0.4) is 0 Å². The summed E-state index contributed by atoms with van der Waals surface area (Å²) in [6, 6.07) is 6.33. The first kappa shape index (κ1) is 12.9. The summed E-state index contributed by atoms with van der Waals surface area (Å²) in [5, 5.41) is 8.61. The maximum Gasteiger partial charge on any atom is 0.304 e. The number of fused-ring (bicyclic) bond motifs is 1. The van der Waals surface area contributed by atoms with Crippen LogP contribution in [0.5, 0.6) is 5.75 Å². The number of carboxylic acids is 1. The zero-order valence-corrected chi connectivity index (χ0v) is 10.7. The van der Waals surface area contributed by atoms with Crippen molar-refractivity contribution in [3.05, 3.63) is 29.3 Å². The molecule has 0 saturated carbocycles. The van der Waals surface area contributed by atoms with Crippen LogP contribution < -0.4 is 4.74 Å². The van der Waals surface area contributed by atoms with E-state index in [9.17, 15) is 4.79 Å². The normalized spacial score (nSPS) is 13.4. The Bertz CT molecular complexity index is 431. The highest BCUT2D eigenvalue weighted by Crippen LogP contribution is 2.25. The molecule has 98 valence electrons. The Morgan fingerprint density at radius 2 is 2.28 bits per heavy atom. The van der Waals surface area contributed by atoms with E-state index in [0.717, 1.165) is 31.7 Å². The molecule has 0 bridgehead atoms. The van der Waals surface area contributed by atoms with E-state index in [1.165, 1.54) is 11.1 Å². The Labute approximate surface area is 107 Å². The van der Waals surface area contributed by atoms with E-state index < -0.39 is 5.97 Å². The van der Waals surface area contributed by atoms with Crippen LogP contribution in [0.15, 0.2) is 18.2 Å². The molecular formula is C14H19NO3. The molecule has 1 aliphatic heterocycles. The molecule has 0 amide bonds. The standard InChI is InChI=1S/C14H19NO3/c1-15(8-5-14(16)17)7-4-11-2-3-13-12(10-11)6-9-18-13/h2-3,10H,4-9H2,1H3,(H,16,17). The van der Waals surface area contributed by atoms with Gasteiger partial charge in [-0.1, -0.05) is 12.1 Å². The van der Waals surface area contributed by atoms with Crippen molar-refractivity contribution < 1.29 is 14.6 Å². The van der Waals surface area contributed by atoms with Crippen LogP contribution in [-0.2, 0) is 17.6 Å². The van der Waals surface area contributed by atoms with Crippen LogP contribution in [0.2, 0.25) is 0 Å². The Morgan fingerprint density at radius 1 is 1.44 bits per heavy atom. The molecule has 18 heavy (non-hydrogen) atoms. The number of carboxylic acid groups (broad SMARTS) is 1. The second-order valence-corrected chi connectivity index (χ2v) is 4.74. The van der Waals surface area contributed by atoms with Crippen molar-refractivity contribution in [1.82, 2.24) is 4.90 Å². The highest BCUT2D eigenvalue weighted by Gasteiger charge is 2.12. The van der Waals surface area contributed by atoms with Crippen molar-refractivity contribution in [2.45, 2.75) is 19.3 Å². The van der Waals surface area contributed by atoms with Gasteiger partial charge in [-0.2, -0.15) is 0 Å². The fourth-order valence-electron chi connectivity index (χ4n) is 2.11. The molecule has 0 fully saturated rings. The smallest absolute Gasteiger partial charge is 0.304 e. The fourth-order valence-corrected chi connectivity index (χ4v) is 2.11. The van der Waals surface area contributed by atoms with Crippen LogP contribution in [0, 0.1) is 0 Å². The first-order valence-corrected chi connectivity index (χ1v) is 6.30. The summed E-state index contributed by atoms with van der Waals surface area (Å²) in [6.07, 6.45) is 2.15. The molecule has 0 saturated heterocycles. The van der Waals surface area contributed by atoms with Crippen molar-refractivity contribution in [1.29, 1.82) is 0 Å². The molecule has 2 rings (SSSR count). The third-order valence-electron chi connectivity index (χ3n) is 3.24. The number of hydrogen-bond donors (Lipinski definition) is 1. The van der Waals surface area contributed by atoms with E-state index in [2.05, 4.69) is 17.0 Å². The predicted octanol–water partition coefficient (Wildman–Crippen LogP) is 1.57. The zero-order valence-electron chi connectivity index (χ0n) is 10.7. The van der Waals surface area contributed by atoms with E-state index in [0.29, 0.717) is 6.54 Å². The lowest BCUT2D eigenvalue weighted by atomic mass is 10.1. The summed E-state index contributed by atoms with van der Waals surface area (Å²) >= 11 is 0. The molecule has 1 aromatic rings. The Balaban J connectivity index is 1.81. The average molecular weight is 249 g/mol. The third kappa shape index (κ3) is 3.47. The van der Waals surface area contributed by atoms with Gasteiger partial charge in [0.15, 0.2) is 0 Å². The van der Waals surface area contributed by atoms with E-state index in [1.807, 2.05) is 13.1 Å². The minimum absolute atomic E-state index is 0.203. The van der Waals surface area contributed by atoms with E-state index >= 15 is 0 Å². The van der Waals surface area contributed by atoms with Crippen LogP contribution in [-0.4, -0.2) is 42.7 Å². The summed E-state index contributed by atoms with van der Waals surface area (Å²) in [4.78, 5) is 12.5. The minimum atomic E-state index is -0.739. The molecule has 4 heteroatoms. The molecule has 0 unspecified atom stereocenters. The molecule has 1 aliphatic rings. The highest BCUT2D eigenvalue weighted by atomic mass is 16.5. The van der Waals surface area contributed by atoms with Crippen molar-refractivity contribution in [3.63, 3.8) is 0 Å². The monoisotopic (exact) mass is 249 g/mol. The molecule has 1 aromatic carbocycles. The SMILES string of the molecule is CN(CCC(=O)O)CCc1ccc2c(c1)CCO2. The third-order valence-corrected chi connectivity index (χ3v) is 3.24. The van der Waals surface area contributed by atoms with Crippen LogP contribution in [0.25, 0.3) is 0 Å². The molecule has 0 spiro atoms. The molecule has 1 N–H and O–H groups in total. The van der Waals surface area contributed by atoms with Crippen LogP contribution >= 0.6 is 0 Å². The molecule has 1 heterocycles. The minimum Gasteiger partial charge on any atom is -0.493 e.